The minimum Gasteiger partial charge on any atom is -0.339 e. The first kappa shape index (κ1) is 20.5. The van der Waals surface area contributed by atoms with Crippen LogP contribution in [0, 0.1) is 6.92 Å². The lowest BCUT2D eigenvalue weighted by molar-refractivity contribution is -0.132. The normalized spacial score (nSPS) is 14.1. The van der Waals surface area contributed by atoms with Gasteiger partial charge in [-0.15, -0.1) is 11.3 Å². The molecular weight excluding hydrogens is 420 g/mol. The van der Waals surface area contributed by atoms with Crippen molar-refractivity contribution in [3.05, 3.63) is 69.9 Å². The number of halogens is 1. The maximum atomic E-state index is 13.0. The second-order valence-corrected chi connectivity index (χ2v) is 8.55. The number of benzene rings is 1. The van der Waals surface area contributed by atoms with E-state index in [2.05, 4.69) is 9.97 Å². The van der Waals surface area contributed by atoms with E-state index in [1.807, 2.05) is 49.4 Å². The van der Waals surface area contributed by atoms with Gasteiger partial charge in [-0.1, -0.05) is 29.8 Å². The summed E-state index contributed by atoms with van der Waals surface area (Å²) in [4.78, 5) is 38.6. The van der Waals surface area contributed by atoms with Gasteiger partial charge >= 0.3 is 0 Å². The first-order valence-corrected chi connectivity index (χ1v) is 10.9. The van der Waals surface area contributed by atoms with Gasteiger partial charge in [0, 0.05) is 48.7 Å². The van der Waals surface area contributed by atoms with Crippen LogP contribution in [0.4, 0.5) is 0 Å². The van der Waals surface area contributed by atoms with Crippen LogP contribution in [0.5, 0.6) is 0 Å². The molecule has 2 aromatic heterocycles. The van der Waals surface area contributed by atoms with Gasteiger partial charge in [0.15, 0.2) is 0 Å². The third-order valence-electron chi connectivity index (χ3n) is 5.06. The van der Waals surface area contributed by atoms with Crippen LogP contribution in [0.1, 0.15) is 21.1 Å². The molecule has 2 amide bonds. The van der Waals surface area contributed by atoms with Crippen LogP contribution in [-0.4, -0.2) is 57.8 Å². The maximum absolute atomic E-state index is 13.0. The number of hydrogen-bond acceptors (Lipinski definition) is 5. The quantitative estimate of drug-likeness (QED) is 0.620. The van der Waals surface area contributed by atoms with E-state index < -0.39 is 0 Å². The highest BCUT2D eigenvalue weighted by atomic mass is 35.5. The number of nitrogens with zero attached hydrogens (tertiary/aromatic N) is 4. The Hall–Kier alpha value is -2.77. The van der Waals surface area contributed by atoms with E-state index in [4.69, 9.17) is 11.6 Å². The lowest BCUT2D eigenvalue weighted by Crippen LogP contribution is -2.51. The summed E-state index contributed by atoms with van der Waals surface area (Å²) in [7, 11) is 0. The maximum Gasteiger partial charge on any atom is 0.265 e. The van der Waals surface area contributed by atoms with Crippen LogP contribution in [0.3, 0.4) is 0 Å². The SMILES string of the molecule is Cc1nc(-c2ccc(Cl)cc2)sc1C(=O)N1CCN(C(=O)Cc2ccccn2)CC1. The van der Waals surface area contributed by atoms with E-state index in [1.165, 1.54) is 11.3 Å². The predicted octanol–water partition coefficient (Wildman–Crippen LogP) is 3.69. The second kappa shape index (κ2) is 8.93. The summed E-state index contributed by atoms with van der Waals surface area (Å²) in [5.41, 5.74) is 2.43. The van der Waals surface area contributed by atoms with E-state index >= 15 is 0 Å². The van der Waals surface area contributed by atoms with Crippen molar-refractivity contribution in [2.45, 2.75) is 13.3 Å². The molecule has 6 nitrogen and oxygen atoms in total. The minimum atomic E-state index is -0.0259. The van der Waals surface area contributed by atoms with Crippen LogP contribution in [0.25, 0.3) is 10.6 Å². The van der Waals surface area contributed by atoms with Crippen molar-refractivity contribution in [1.82, 2.24) is 19.8 Å². The van der Waals surface area contributed by atoms with Crippen LogP contribution in [-0.2, 0) is 11.2 Å². The monoisotopic (exact) mass is 440 g/mol. The smallest absolute Gasteiger partial charge is 0.265 e. The van der Waals surface area contributed by atoms with Crippen LogP contribution in [0.2, 0.25) is 5.02 Å². The Balaban J connectivity index is 1.38. The number of thiazole rings is 1. The Morgan fingerprint density at radius 3 is 2.40 bits per heavy atom. The topological polar surface area (TPSA) is 66.4 Å². The summed E-state index contributed by atoms with van der Waals surface area (Å²) in [6, 6.07) is 13.0. The summed E-state index contributed by atoms with van der Waals surface area (Å²) in [6.07, 6.45) is 1.97. The number of rotatable bonds is 4. The molecule has 154 valence electrons. The molecule has 0 atom stereocenters. The number of piperazine rings is 1. The van der Waals surface area contributed by atoms with E-state index in [0.29, 0.717) is 36.1 Å². The molecule has 1 saturated heterocycles. The molecule has 8 heteroatoms. The Morgan fingerprint density at radius 1 is 1.03 bits per heavy atom. The molecule has 4 rings (SSSR count). The van der Waals surface area contributed by atoms with Gasteiger partial charge in [0.05, 0.1) is 12.1 Å². The highest BCUT2D eigenvalue weighted by Gasteiger charge is 2.27. The average molecular weight is 441 g/mol. The van der Waals surface area contributed by atoms with Gasteiger partial charge in [-0.05, 0) is 31.2 Å². The van der Waals surface area contributed by atoms with Gasteiger partial charge < -0.3 is 9.80 Å². The van der Waals surface area contributed by atoms with Crippen LogP contribution >= 0.6 is 22.9 Å². The predicted molar refractivity (Wildman–Crippen MR) is 118 cm³/mol. The average Bonchev–Trinajstić information content (AvgIpc) is 3.16. The van der Waals surface area contributed by atoms with Crippen molar-refractivity contribution in [2.75, 3.05) is 26.2 Å². The zero-order chi connectivity index (χ0) is 21.1. The van der Waals surface area contributed by atoms with E-state index in [0.717, 1.165) is 22.0 Å². The van der Waals surface area contributed by atoms with Gasteiger partial charge in [0.1, 0.15) is 9.88 Å². The molecule has 0 saturated carbocycles. The molecule has 3 heterocycles. The van der Waals surface area contributed by atoms with Crippen molar-refractivity contribution in [3.63, 3.8) is 0 Å². The summed E-state index contributed by atoms with van der Waals surface area (Å²) in [5.74, 6) is 0.0156. The molecule has 1 fully saturated rings. The zero-order valence-corrected chi connectivity index (χ0v) is 18.1. The van der Waals surface area contributed by atoms with Gasteiger partial charge in [-0.3, -0.25) is 14.6 Å². The summed E-state index contributed by atoms with van der Waals surface area (Å²) in [6.45, 7) is 3.94. The zero-order valence-electron chi connectivity index (χ0n) is 16.5. The van der Waals surface area contributed by atoms with Gasteiger partial charge in [0.2, 0.25) is 5.91 Å². The number of amides is 2. The minimum absolute atomic E-state index is 0.0259. The number of pyridine rings is 1. The van der Waals surface area contributed by atoms with Gasteiger partial charge in [-0.25, -0.2) is 4.98 Å². The molecule has 0 unspecified atom stereocenters. The van der Waals surface area contributed by atoms with Gasteiger partial charge in [0.25, 0.3) is 5.91 Å². The first-order valence-electron chi connectivity index (χ1n) is 9.71. The molecule has 1 aliphatic heterocycles. The molecule has 1 aliphatic rings. The number of carbonyl (C=O) groups is 2. The van der Waals surface area contributed by atoms with E-state index in [1.54, 1.807) is 16.0 Å². The second-order valence-electron chi connectivity index (χ2n) is 7.11. The van der Waals surface area contributed by atoms with E-state index in [-0.39, 0.29) is 18.2 Å². The fourth-order valence-electron chi connectivity index (χ4n) is 3.38. The van der Waals surface area contributed by atoms with Crippen molar-refractivity contribution in [1.29, 1.82) is 0 Å². The molecule has 0 aliphatic carbocycles. The van der Waals surface area contributed by atoms with Crippen LogP contribution in [0.15, 0.2) is 48.7 Å². The highest BCUT2D eigenvalue weighted by Crippen LogP contribution is 2.29. The molecule has 0 N–H and O–H groups in total. The Kier molecular flexibility index (Phi) is 6.11. The Morgan fingerprint density at radius 2 is 1.73 bits per heavy atom. The van der Waals surface area contributed by atoms with Crippen molar-refractivity contribution < 1.29 is 9.59 Å². The standard InChI is InChI=1S/C22H21ClN4O2S/c1-15-20(30-21(25-15)16-5-7-17(23)8-6-16)22(29)27-12-10-26(11-13-27)19(28)14-18-4-2-3-9-24-18/h2-9H,10-14H2,1H3. The van der Waals surface area contributed by atoms with Crippen LogP contribution < -0.4 is 0 Å². The first-order chi connectivity index (χ1) is 14.5. The number of aryl methyl sites for hydroxylation is 1. The fraction of sp³-hybridized carbons (Fsp3) is 0.273. The van der Waals surface area contributed by atoms with Gasteiger partial charge in [-0.2, -0.15) is 0 Å². The van der Waals surface area contributed by atoms with Crippen molar-refractivity contribution in [3.8, 4) is 10.6 Å². The summed E-state index contributed by atoms with van der Waals surface area (Å²) >= 11 is 7.35. The molecule has 0 radical (unpaired) electrons. The number of hydrogen-bond donors (Lipinski definition) is 0. The Bertz CT molecular complexity index is 1040. The molecule has 0 spiro atoms. The molecule has 1 aromatic carbocycles. The fourth-order valence-corrected chi connectivity index (χ4v) is 4.55. The van der Waals surface area contributed by atoms with Crippen molar-refractivity contribution in [2.24, 2.45) is 0 Å². The Labute approximate surface area is 184 Å². The lowest BCUT2D eigenvalue weighted by atomic mass is 10.2. The molecule has 30 heavy (non-hydrogen) atoms. The largest absolute Gasteiger partial charge is 0.339 e. The molecule has 3 aromatic rings. The highest BCUT2D eigenvalue weighted by molar-refractivity contribution is 7.17. The molecular formula is C22H21ClN4O2S. The third kappa shape index (κ3) is 4.52. The molecule has 0 bridgehead atoms. The summed E-state index contributed by atoms with van der Waals surface area (Å²) < 4.78 is 0. The number of carbonyl (C=O) groups excluding carboxylic acids is 2. The number of aromatic nitrogens is 2. The third-order valence-corrected chi connectivity index (χ3v) is 6.51. The lowest BCUT2D eigenvalue weighted by Gasteiger charge is -2.34. The summed E-state index contributed by atoms with van der Waals surface area (Å²) in [5, 5.41) is 1.47. The van der Waals surface area contributed by atoms with E-state index in [9.17, 15) is 9.59 Å². The van der Waals surface area contributed by atoms with Crippen molar-refractivity contribution >= 4 is 34.8 Å².